The molecule has 18 heavy (non-hydrogen) atoms. The number of aliphatic carboxylic acids is 1. The molecule has 1 heterocycles. The second-order valence-electron chi connectivity index (χ2n) is 4.56. The van der Waals surface area contributed by atoms with Crippen LogP contribution in [0.2, 0.25) is 0 Å². The number of rotatable bonds is 6. The van der Waals surface area contributed by atoms with Crippen molar-refractivity contribution in [2.45, 2.75) is 25.7 Å². The summed E-state index contributed by atoms with van der Waals surface area (Å²) < 4.78 is 4.92. The first-order chi connectivity index (χ1) is 8.65. The Morgan fingerprint density at radius 2 is 2.22 bits per heavy atom. The van der Waals surface area contributed by atoms with E-state index in [0.29, 0.717) is 32.7 Å². The Bertz CT molecular complexity index is 283. The molecule has 1 atom stereocenters. The van der Waals surface area contributed by atoms with Gasteiger partial charge in [0.05, 0.1) is 5.92 Å². The minimum Gasteiger partial charge on any atom is -0.481 e. The van der Waals surface area contributed by atoms with Crippen molar-refractivity contribution in [1.29, 1.82) is 0 Å². The zero-order valence-corrected chi connectivity index (χ0v) is 10.9. The number of hydrogen-bond acceptors (Lipinski definition) is 3. The molecule has 0 radical (unpaired) electrons. The lowest BCUT2D eigenvalue weighted by Gasteiger charge is -2.30. The molecule has 0 bridgehead atoms. The number of urea groups is 1. The third kappa shape index (κ3) is 4.91. The van der Waals surface area contributed by atoms with Crippen molar-refractivity contribution < 1.29 is 19.4 Å². The van der Waals surface area contributed by atoms with E-state index < -0.39 is 11.9 Å². The number of carbonyl (C=O) groups excluding carboxylic acids is 1. The fraction of sp³-hybridized carbons (Fsp3) is 0.833. The average Bonchev–Trinajstić information content (AvgIpc) is 2.38. The van der Waals surface area contributed by atoms with Crippen LogP contribution in [0.1, 0.15) is 25.7 Å². The van der Waals surface area contributed by atoms with E-state index in [1.165, 1.54) is 0 Å². The van der Waals surface area contributed by atoms with E-state index in [2.05, 4.69) is 5.32 Å². The molecular formula is C12H22N2O4. The van der Waals surface area contributed by atoms with Crippen LogP contribution in [0.25, 0.3) is 0 Å². The summed E-state index contributed by atoms with van der Waals surface area (Å²) in [6.07, 6.45) is 3.20. The highest BCUT2D eigenvalue weighted by molar-refractivity contribution is 5.76. The Balaban J connectivity index is 2.22. The van der Waals surface area contributed by atoms with Crippen LogP contribution in [-0.2, 0) is 9.53 Å². The molecule has 0 aromatic rings. The molecule has 0 aromatic carbocycles. The molecule has 0 spiro atoms. The van der Waals surface area contributed by atoms with Crippen LogP contribution >= 0.6 is 0 Å². The van der Waals surface area contributed by atoms with Crippen molar-refractivity contribution in [3.8, 4) is 0 Å². The minimum absolute atomic E-state index is 0.154. The Kier molecular flexibility index (Phi) is 6.49. The van der Waals surface area contributed by atoms with Crippen LogP contribution in [0.3, 0.4) is 0 Å². The SMILES string of the molecule is COCCCCNC(=O)N1CCC[C@@H](C(=O)O)C1. The van der Waals surface area contributed by atoms with E-state index in [0.717, 1.165) is 19.3 Å². The molecule has 1 fully saturated rings. The van der Waals surface area contributed by atoms with Crippen molar-refractivity contribution in [3.63, 3.8) is 0 Å². The number of carboxylic acids is 1. The molecule has 1 aliphatic heterocycles. The van der Waals surface area contributed by atoms with Crippen molar-refractivity contribution >= 4 is 12.0 Å². The lowest BCUT2D eigenvalue weighted by Crippen LogP contribution is -2.47. The lowest BCUT2D eigenvalue weighted by atomic mass is 9.99. The lowest BCUT2D eigenvalue weighted by molar-refractivity contribution is -0.143. The molecule has 6 heteroatoms. The number of piperidine rings is 1. The van der Waals surface area contributed by atoms with Crippen LogP contribution in [0, 0.1) is 5.92 Å². The number of nitrogens with zero attached hydrogens (tertiary/aromatic N) is 1. The van der Waals surface area contributed by atoms with Gasteiger partial charge in [-0.05, 0) is 25.7 Å². The number of likely N-dealkylation sites (tertiary alicyclic amines) is 1. The number of carbonyl (C=O) groups is 2. The van der Waals surface area contributed by atoms with Crippen LogP contribution in [0.15, 0.2) is 0 Å². The third-order valence-electron chi connectivity index (χ3n) is 3.11. The minimum atomic E-state index is -0.812. The molecular weight excluding hydrogens is 236 g/mol. The van der Waals surface area contributed by atoms with Crippen molar-refractivity contribution in [2.24, 2.45) is 5.92 Å². The molecule has 0 aliphatic carbocycles. The van der Waals surface area contributed by atoms with Crippen molar-refractivity contribution in [3.05, 3.63) is 0 Å². The van der Waals surface area contributed by atoms with E-state index in [1.54, 1.807) is 12.0 Å². The molecule has 2 N–H and O–H groups in total. The molecule has 104 valence electrons. The zero-order chi connectivity index (χ0) is 13.4. The van der Waals surface area contributed by atoms with E-state index in [-0.39, 0.29) is 6.03 Å². The fourth-order valence-electron chi connectivity index (χ4n) is 2.04. The van der Waals surface area contributed by atoms with Gasteiger partial charge in [0.2, 0.25) is 0 Å². The Hall–Kier alpha value is -1.30. The number of hydrogen-bond donors (Lipinski definition) is 2. The topological polar surface area (TPSA) is 78.9 Å². The van der Waals surface area contributed by atoms with Gasteiger partial charge in [0.1, 0.15) is 0 Å². The summed E-state index contributed by atoms with van der Waals surface area (Å²) in [5.41, 5.74) is 0. The molecule has 2 amide bonds. The normalized spacial score (nSPS) is 19.6. The second-order valence-corrected chi connectivity index (χ2v) is 4.56. The Morgan fingerprint density at radius 1 is 1.44 bits per heavy atom. The first kappa shape index (κ1) is 14.8. The van der Waals surface area contributed by atoms with Crippen molar-refractivity contribution in [2.75, 3.05) is 33.4 Å². The highest BCUT2D eigenvalue weighted by Crippen LogP contribution is 2.16. The van der Waals surface area contributed by atoms with Crippen LogP contribution in [0.5, 0.6) is 0 Å². The number of nitrogens with one attached hydrogen (secondary N) is 1. The summed E-state index contributed by atoms with van der Waals surface area (Å²) in [4.78, 5) is 24.3. The summed E-state index contributed by atoms with van der Waals surface area (Å²) in [5, 5.41) is 11.7. The third-order valence-corrected chi connectivity index (χ3v) is 3.11. The van der Waals surface area contributed by atoms with Gasteiger partial charge in [0, 0.05) is 33.4 Å². The van der Waals surface area contributed by atoms with Gasteiger partial charge in [-0.2, -0.15) is 0 Å². The molecule has 6 nitrogen and oxygen atoms in total. The monoisotopic (exact) mass is 258 g/mol. The smallest absolute Gasteiger partial charge is 0.317 e. The summed E-state index contributed by atoms with van der Waals surface area (Å²) in [6.45, 7) is 2.27. The standard InChI is InChI=1S/C12H22N2O4/c1-18-8-3-2-6-13-12(17)14-7-4-5-10(9-14)11(15)16/h10H,2-9H2,1H3,(H,13,17)(H,15,16)/t10-/m1/s1. The molecule has 0 saturated carbocycles. The number of carboxylic acid groups (broad SMARTS) is 1. The first-order valence-corrected chi connectivity index (χ1v) is 6.39. The van der Waals surface area contributed by atoms with Gasteiger partial charge in [-0.25, -0.2) is 4.79 Å². The van der Waals surface area contributed by atoms with E-state index >= 15 is 0 Å². The largest absolute Gasteiger partial charge is 0.481 e. The predicted molar refractivity (Wildman–Crippen MR) is 66.4 cm³/mol. The molecule has 1 saturated heterocycles. The predicted octanol–water partition coefficient (Wildman–Crippen LogP) is 0.919. The van der Waals surface area contributed by atoms with Gasteiger partial charge in [-0.3, -0.25) is 4.79 Å². The van der Waals surface area contributed by atoms with Gasteiger partial charge in [-0.1, -0.05) is 0 Å². The van der Waals surface area contributed by atoms with Gasteiger partial charge in [0.15, 0.2) is 0 Å². The summed E-state index contributed by atoms with van der Waals surface area (Å²) >= 11 is 0. The highest BCUT2D eigenvalue weighted by atomic mass is 16.5. The first-order valence-electron chi connectivity index (χ1n) is 6.39. The maximum absolute atomic E-state index is 11.8. The summed E-state index contributed by atoms with van der Waals surface area (Å²) in [6, 6.07) is -0.154. The second kappa shape index (κ2) is 7.92. The molecule has 1 aliphatic rings. The Morgan fingerprint density at radius 3 is 2.89 bits per heavy atom. The van der Waals surface area contributed by atoms with Gasteiger partial charge < -0.3 is 20.1 Å². The fourth-order valence-corrected chi connectivity index (χ4v) is 2.04. The van der Waals surface area contributed by atoms with Crippen molar-refractivity contribution in [1.82, 2.24) is 10.2 Å². The van der Waals surface area contributed by atoms with E-state index in [4.69, 9.17) is 9.84 Å². The Labute approximate surface area is 107 Å². The zero-order valence-electron chi connectivity index (χ0n) is 10.9. The maximum atomic E-state index is 11.8. The molecule has 1 rings (SSSR count). The number of methoxy groups -OCH3 is 1. The highest BCUT2D eigenvalue weighted by Gasteiger charge is 2.27. The summed E-state index contributed by atoms with van der Waals surface area (Å²) in [5.74, 6) is -1.23. The summed E-state index contributed by atoms with van der Waals surface area (Å²) in [7, 11) is 1.65. The average molecular weight is 258 g/mol. The molecule has 0 aromatic heterocycles. The quantitative estimate of drug-likeness (QED) is 0.694. The van der Waals surface area contributed by atoms with Crippen LogP contribution in [-0.4, -0.2) is 55.4 Å². The van der Waals surface area contributed by atoms with Gasteiger partial charge in [0.25, 0.3) is 0 Å². The van der Waals surface area contributed by atoms with Crippen LogP contribution in [0.4, 0.5) is 4.79 Å². The van der Waals surface area contributed by atoms with E-state index in [9.17, 15) is 9.59 Å². The number of ether oxygens (including phenoxy) is 1. The van der Waals surface area contributed by atoms with Gasteiger partial charge >= 0.3 is 12.0 Å². The number of amides is 2. The number of unbranched alkanes of at least 4 members (excludes halogenated alkanes) is 1. The maximum Gasteiger partial charge on any atom is 0.317 e. The van der Waals surface area contributed by atoms with E-state index in [1.807, 2.05) is 0 Å². The van der Waals surface area contributed by atoms with Crippen LogP contribution < -0.4 is 5.32 Å². The molecule has 0 unspecified atom stereocenters. The van der Waals surface area contributed by atoms with Gasteiger partial charge in [-0.15, -0.1) is 0 Å².